The van der Waals surface area contributed by atoms with Gasteiger partial charge in [0.25, 0.3) is 5.91 Å². The third-order valence-corrected chi connectivity index (χ3v) is 4.28. The molecule has 2 unspecified atom stereocenters. The molecule has 134 valence electrons. The zero-order valence-electron chi connectivity index (χ0n) is 15.0. The quantitative estimate of drug-likeness (QED) is 0.767. The highest BCUT2D eigenvalue weighted by Gasteiger charge is 2.26. The molecular weight excluding hydrogens is 304 g/mol. The van der Waals surface area contributed by atoms with Crippen molar-refractivity contribution in [2.75, 3.05) is 19.8 Å². The summed E-state index contributed by atoms with van der Waals surface area (Å²) in [5, 5.41) is 3.07. The van der Waals surface area contributed by atoms with Gasteiger partial charge in [-0.2, -0.15) is 0 Å². The number of carbonyl (C=O) groups is 1. The summed E-state index contributed by atoms with van der Waals surface area (Å²) in [6, 6.07) is 7.27. The molecule has 2 rings (SSSR count). The van der Waals surface area contributed by atoms with Gasteiger partial charge in [0.2, 0.25) is 0 Å². The predicted octanol–water partition coefficient (Wildman–Crippen LogP) is 2.74. The first-order valence-electron chi connectivity index (χ1n) is 8.79. The van der Waals surface area contributed by atoms with Gasteiger partial charge in [0.15, 0.2) is 0 Å². The fraction of sp³-hybridized carbons (Fsp3) is 0.632. The van der Waals surface area contributed by atoms with E-state index in [-0.39, 0.29) is 12.0 Å². The Bertz CT molecular complexity index is 541. The number of hydrogen-bond donors (Lipinski definition) is 2. The topological polar surface area (TPSA) is 73.6 Å². The molecule has 5 heteroatoms. The molecule has 3 N–H and O–H groups in total. The predicted molar refractivity (Wildman–Crippen MR) is 95.3 cm³/mol. The Balaban J connectivity index is 1.97. The molecule has 0 aromatic heterocycles. The smallest absolute Gasteiger partial charge is 0.251 e. The van der Waals surface area contributed by atoms with Crippen LogP contribution in [0.25, 0.3) is 0 Å². The average molecular weight is 334 g/mol. The minimum absolute atomic E-state index is 0.119. The molecule has 1 aliphatic heterocycles. The number of nitrogens with one attached hydrogen (secondary N) is 1. The zero-order valence-corrected chi connectivity index (χ0v) is 15.0. The van der Waals surface area contributed by atoms with Crippen molar-refractivity contribution >= 4 is 5.91 Å². The van der Waals surface area contributed by atoms with Gasteiger partial charge in [-0.05, 0) is 50.3 Å². The minimum atomic E-state index is -0.403. The van der Waals surface area contributed by atoms with Crippen LogP contribution in [0.4, 0.5) is 0 Å². The summed E-state index contributed by atoms with van der Waals surface area (Å²) in [7, 11) is 0. The van der Waals surface area contributed by atoms with Crippen molar-refractivity contribution in [2.24, 2.45) is 11.7 Å². The normalized spacial score (nSPS) is 20.0. The Kier molecular flexibility index (Phi) is 6.63. The number of amides is 1. The minimum Gasteiger partial charge on any atom is -0.491 e. The van der Waals surface area contributed by atoms with Crippen molar-refractivity contribution in [2.45, 2.75) is 51.7 Å². The molecule has 0 bridgehead atoms. The first-order valence-corrected chi connectivity index (χ1v) is 8.79. The van der Waals surface area contributed by atoms with Gasteiger partial charge < -0.3 is 20.5 Å². The highest BCUT2D eigenvalue weighted by molar-refractivity contribution is 5.95. The first kappa shape index (κ1) is 18.7. The Labute approximate surface area is 144 Å². The molecule has 1 aliphatic rings. The van der Waals surface area contributed by atoms with Crippen molar-refractivity contribution in [3.63, 3.8) is 0 Å². The van der Waals surface area contributed by atoms with Gasteiger partial charge in [0.05, 0.1) is 6.10 Å². The highest BCUT2D eigenvalue weighted by atomic mass is 16.5. The number of benzene rings is 1. The van der Waals surface area contributed by atoms with Gasteiger partial charge in [0, 0.05) is 24.3 Å². The largest absolute Gasteiger partial charge is 0.491 e. The molecule has 1 aromatic rings. The molecule has 5 nitrogen and oxygen atoms in total. The van der Waals surface area contributed by atoms with E-state index in [9.17, 15) is 4.79 Å². The second-order valence-corrected chi connectivity index (χ2v) is 7.29. The third-order valence-electron chi connectivity index (χ3n) is 4.28. The lowest BCUT2D eigenvalue weighted by Crippen LogP contribution is -2.52. The van der Waals surface area contributed by atoms with E-state index in [1.54, 1.807) is 12.1 Å². The van der Waals surface area contributed by atoms with Gasteiger partial charge in [-0.3, -0.25) is 4.79 Å². The van der Waals surface area contributed by atoms with Crippen molar-refractivity contribution in [3.8, 4) is 5.75 Å². The lowest BCUT2D eigenvalue weighted by Gasteiger charge is -2.31. The molecule has 2 atom stereocenters. The van der Waals surface area contributed by atoms with Crippen LogP contribution in [-0.4, -0.2) is 37.3 Å². The summed E-state index contributed by atoms with van der Waals surface area (Å²) in [6.45, 7) is 7.98. The third kappa shape index (κ3) is 5.49. The number of rotatable bonds is 8. The van der Waals surface area contributed by atoms with Crippen LogP contribution in [0.5, 0.6) is 5.75 Å². The summed E-state index contributed by atoms with van der Waals surface area (Å²) < 4.78 is 11.3. The summed E-state index contributed by atoms with van der Waals surface area (Å²) in [5.74, 6) is 1.03. The van der Waals surface area contributed by atoms with Crippen LogP contribution in [0.15, 0.2) is 24.3 Å². The molecule has 0 spiro atoms. The summed E-state index contributed by atoms with van der Waals surface area (Å²) in [5.41, 5.74) is 6.06. The lowest BCUT2D eigenvalue weighted by molar-refractivity contribution is 0.0679. The van der Waals surface area contributed by atoms with E-state index >= 15 is 0 Å². The molecule has 1 aromatic carbocycles. The van der Waals surface area contributed by atoms with E-state index in [0.29, 0.717) is 30.4 Å². The van der Waals surface area contributed by atoms with Crippen molar-refractivity contribution in [1.82, 2.24) is 5.32 Å². The second kappa shape index (κ2) is 8.49. The van der Waals surface area contributed by atoms with Crippen LogP contribution < -0.4 is 15.8 Å². The maximum Gasteiger partial charge on any atom is 0.251 e. The molecule has 24 heavy (non-hydrogen) atoms. The number of hydrogen-bond acceptors (Lipinski definition) is 4. The van der Waals surface area contributed by atoms with E-state index in [2.05, 4.69) is 19.2 Å². The molecular formula is C19H30N2O3. The monoisotopic (exact) mass is 334 g/mol. The molecule has 1 saturated heterocycles. The Morgan fingerprint density at radius 2 is 2.29 bits per heavy atom. The number of nitrogens with two attached hydrogens (primary N) is 1. The van der Waals surface area contributed by atoms with E-state index in [4.69, 9.17) is 15.2 Å². The molecule has 0 aliphatic carbocycles. The van der Waals surface area contributed by atoms with Crippen LogP contribution in [0, 0.1) is 5.92 Å². The summed E-state index contributed by atoms with van der Waals surface area (Å²) >= 11 is 0. The fourth-order valence-corrected chi connectivity index (χ4v) is 3.12. The first-order chi connectivity index (χ1) is 11.4. The average Bonchev–Trinajstić information content (AvgIpc) is 3.06. The fourth-order valence-electron chi connectivity index (χ4n) is 3.12. The Morgan fingerprint density at radius 1 is 1.50 bits per heavy atom. The van der Waals surface area contributed by atoms with Crippen LogP contribution in [0.1, 0.15) is 50.4 Å². The summed E-state index contributed by atoms with van der Waals surface area (Å²) in [4.78, 5) is 12.6. The number of ether oxygens (including phenoxy) is 2. The van der Waals surface area contributed by atoms with Crippen molar-refractivity contribution in [3.05, 3.63) is 29.8 Å². The molecule has 0 radical (unpaired) electrons. The SMILES string of the molecule is CC(C)CC(C)(CN)NC(=O)c1cccc(OCC2CCCO2)c1. The van der Waals surface area contributed by atoms with E-state index in [1.165, 1.54) is 0 Å². The van der Waals surface area contributed by atoms with Gasteiger partial charge in [-0.15, -0.1) is 0 Å². The maximum absolute atomic E-state index is 12.6. The van der Waals surface area contributed by atoms with Crippen LogP contribution >= 0.6 is 0 Å². The van der Waals surface area contributed by atoms with Gasteiger partial charge >= 0.3 is 0 Å². The van der Waals surface area contributed by atoms with Crippen molar-refractivity contribution < 1.29 is 14.3 Å². The second-order valence-electron chi connectivity index (χ2n) is 7.29. The van der Waals surface area contributed by atoms with Crippen molar-refractivity contribution in [1.29, 1.82) is 0 Å². The van der Waals surface area contributed by atoms with Crippen LogP contribution in [-0.2, 0) is 4.74 Å². The van der Waals surface area contributed by atoms with Gasteiger partial charge in [-0.1, -0.05) is 19.9 Å². The van der Waals surface area contributed by atoms with E-state index in [0.717, 1.165) is 25.9 Å². The van der Waals surface area contributed by atoms with E-state index < -0.39 is 5.54 Å². The molecule has 1 fully saturated rings. The highest BCUT2D eigenvalue weighted by Crippen LogP contribution is 2.19. The maximum atomic E-state index is 12.6. The molecule has 0 saturated carbocycles. The molecule has 1 heterocycles. The van der Waals surface area contributed by atoms with Crippen LogP contribution in [0.3, 0.4) is 0 Å². The zero-order chi connectivity index (χ0) is 17.6. The Hall–Kier alpha value is -1.59. The lowest BCUT2D eigenvalue weighted by atomic mass is 9.90. The van der Waals surface area contributed by atoms with Gasteiger partial charge in [-0.25, -0.2) is 0 Å². The number of carbonyl (C=O) groups excluding carboxylic acids is 1. The standard InChI is InChI=1S/C19H30N2O3/c1-14(2)11-19(3,13-20)21-18(22)15-6-4-7-16(10-15)24-12-17-8-5-9-23-17/h4,6-7,10,14,17H,5,8-9,11-13,20H2,1-3H3,(H,21,22). The Morgan fingerprint density at radius 3 is 2.92 bits per heavy atom. The molecule has 1 amide bonds. The van der Waals surface area contributed by atoms with Crippen LogP contribution in [0.2, 0.25) is 0 Å². The van der Waals surface area contributed by atoms with E-state index in [1.807, 2.05) is 19.1 Å². The summed E-state index contributed by atoms with van der Waals surface area (Å²) in [6.07, 6.45) is 3.12. The van der Waals surface area contributed by atoms with Gasteiger partial charge in [0.1, 0.15) is 12.4 Å².